The summed E-state index contributed by atoms with van der Waals surface area (Å²) in [6.45, 7) is 1.53. The summed E-state index contributed by atoms with van der Waals surface area (Å²) in [5.74, 6) is 0.0356. The fourth-order valence-corrected chi connectivity index (χ4v) is 2.36. The van der Waals surface area contributed by atoms with Gasteiger partial charge in [0.1, 0.15) is 0 Å². The summed E-state index contributed by atoms with van der Waals surface area (Å²) in [5, 5.41) is 0.880. The van der Waals surface area contributed by atoms with Crippen LogP contribution in [0.3, 0.4) is 0 Å². The smallest absolute Gasteiger partial charge is 0.294 e. The van der Waals surface area contributed by atoms with Crippen LogP contribution < -0.4 is 0 Å². The van der Waals surface area contributed by atoms with Crippen molar-refractivity contribution in [3.05, 3.63) is 34.0 Å². The molecular formula is C11H10NO3S+. The maximum atomic E-state index is 11.2. The topological polar surface area (TPSA) is 46.4 Å². The van der Waals surface area contributed by atoms with E-state index < -0.39 is 0 Å². The van der Waals surface area contributed by atoms with Crippen LogP contribution in [0.4, 0.5) is 5.69 Å². The number of carbonyl (C=O) groups is 1. The van der Waals surface area contributed by atoms with E-state index >= 15 is 0 Å². The molecule has 0 radical (unpaired) electrons. The van der Waals surface area contributed by atoms with Crippen LogP contribution in [0.5, 0.6) is 0 Å². The average molecular weight is 236 g/mol. The second-order valence-corrected chi connectivity index (χ2v) is 4.41. The van der Waals surface area contributed by atoms with E-state index in [1.165, 1.54) is 25.4 Å². The second-order valence-electron chi connectivity index (χ2n) is 3.33. The number of rotatable bonds is 3. The van der Waals surface area contributed by atoms with Gasteiger partial charge < -0.3 is 0 Å². The molecule has 0 aliphatic rings. The van der Waals surface area contributed by atoms with E-state index in [4.69, 9.17) is 0 Å². The lowest BCUT2D eigenvalue weighted by molar-refractivity contribution is -0.736. The Balaban J connectivity index is 2.53. The van der Waals surface area contributed by atoms with Gasteiger partial charge in [0.15, 0.2) is 12.9 Å². The molecule has 0 fully saturated rings. The number of nitrogens with zero attached hydrogens (tertiary/aromatic N) is 1. The maximum absolute atomic E-state index is 11.2. The largest absolute Gasteiger partial charge is 0.317 e. The first-order valence-electron chi connectivity index (χ1n) is 4.67. The van der Waals surface area contributed by atoms with E-state index in [-0.39, 0.29) is 5.78 Å². The number of thiophene rings is 1. The zero-order chi connectivity index (χ0) is 11.7. The Morgan fingerprint density at radius 2 is 2.12 bits per heavy atom. The molecule has 0 unspecified atom stereocenters. The quantitative estimate of drug-likeness (QED) is 0.607. The van der Waals surface area contributed by atoms with Crippen molar-refractivity contribution >= 4 is 32.9 Å². The average Bonchev–Trinajstić information content (AvgIpc) is 2.70. The molecule has 2 aromatic rings. The van der Waals surface area contributed by atoms with Crippen molar-refractivity contribution in [2.24, 2.45) is 0 Å². The van der Waals surface area contributed by atoms with Gasteiger partial charge in [0.25, 0.3) is 4.92 Å². The summed E-state index contributed by atoms with van der Waals surface area (Å²) in [4.78, 5) is 28.1. The predicted molar refractivity (Wildman–Crippen MR) is 62.1 cm³/mol. The third-order valence-electron chi connectivity index (χ3n) is 2.22. The van der Waals surface area contributed by atoms with Crippen molar-refractivity contribution in [3.63, 3.8) is 0 Å². The minimum Gasteiger partial charge on any atom is -0.294 e. The van der Waals surface area contributed by atoms with E-state index in [2.05, 4.69) is 4.84 Å². The molecule has 2 rings (SSSR count). The van der Waals surface area contributed by atoms with Crippen LogP contribution in [0.2, 0.25) is 0 Å². The van der Waals surface area contributed by atoms with Crippen molar-refractivity contribution in [2.75, 3.05) is 7.11 Å². The zero-order valence-electron chi connectivity index (χ0n) is 8.89. The molecule has 0 aliphatic heterocycles. The summed E-state index contributed by atoms with van der Waals surface area (Å²) in [6.07, 6.45) is 0. The van der Waals surface area contributed by atoms with Gasteiger partial charge in [-0.1, -0.05) is 0 Å². The van der Waals surface area contributed by atoms with Gasteiger partial charge in [-0.3, -0.25) is 4.79 Å². The predicted octanol–water partition coefficient (Wildman–Crippen LogP) is 3.08. The first-order chi connectivity index (χ1) is 7.61. The number of benzene rings is 1. The van der Waals surface area contributed by atoms with Crippen LogP contribution in [-0.4, -0.2) is 17.8 Å². The third-order valence-corrected chi connectivity index (χ3v) is 3.44. The van der Waals surface area contributed by atoms with Gasteiger partial charge in [-0.05, 0) is 19.1 Å². The molecule has 1 heterocycles. The van der Waals surface area contributed by atoms with Crippen LogP contribution in [0.25, 0.3) is 10.1 Å². The molecule has 0 saturated carbocycles. The first-order valence-corrected chi connectivity index (χ1v) is 5.49. The third kappa shape index (κ3) is 1.81. The van der Waals surface area contributed by atoms with E-state index in [9.17, 15) is 9.70 Å². The highest BCUT2D eigenvalue weighted by Crippen LogP contribution is 2.29. The number of ketones is 1. The molecule has 82 valence electrons. The number of fused-ring (bicyclic) bond motifs is 1. The van der Waals surface area contributed by atoms with Gasteiger partial charge in [0.2, 0.25) is 0 Å². The van der Waals surface area contributed by atoms with Gasteiger partial charge in [0, 0.05) is 22.2 Å². The second kappa shape index (κ2) is 4.02. The number of Topliss-reactive ketones (excluding diaryl/α,β-unsaturated/α-hetero) is 1. The Morgan fingerprint density at radius 3 is 2.75 bits per heavy atom. The number of carbonyl (C=O) groups excluding carboxylic acids is 1. The fourth-order valence-electron chi connectivity index (χ4n) is 1.42. The minimum atomic E-state index is 0.0356. The molecule has 0 spiro atoms. The SMILES string of the molecule is CO[N+](=O)c1ccc2sc(C(C)=O)cc2c1. The lowest BCUT2D eigenvalue weighted by Crippen LogP contribution is -1.96. The Morgan fingerprint density at radius 1 is 1.38 bits per heavy atom. The molecule has 4 nitrogen and oxygen atoms in total. The Hall–Kier alpha value is -1.75. The zero-order valence-corrected chi connectivity index (χ0v) is 9.71. The van der Waals surface area contributed by atoms with Crippen molar-refractivity contribution in [2.45, 2.75) is 6.92 Å². The molecule has 0 aliphatic carbocycles. The monoisotopic (exact) mass is 236 g/mol. The molecule has 0 N–H and O–H groups in total. The normalized spacial score (nSPS) is 10.4. The molecule has 0 bridgehead atoms. The van der Waals surface area contributed by atoms with Crippen molar-refractivity contribution < 1.29 is 14.6 Å². The Bertz CT molecular complexity index is 574. The lowest BCUT2D eigenvalue weighted by Gasteiger charge is -1.88. The summed E-state index contributed by atoms with van der Waals surface area (Å²) in [7, 11) is 1.31. The van der Waals surface area contributed by atoms with Gasteiger partial charge in [0.05, 0.1) is 9.78 Å². The molecule has 0 amide bonds. The maximum Gasteiger partial charge on any atom is 0.317 e. The number of hydrogen-bond donors (Lipinski definition) is 0. The summed E-state index contributed by atoms with van der Waals surface area (Å²) >= 11 is 1.42. The van der Waals surface area contributed by atoms with Crippen molar-refractivity contribution in [3.8, 4) is 0 Å². The molecule has 1 aromatic carbocycles. The standard InChI is InChI=1S/C11H10NO3S/c1-7(13)11-6-8-5-9(12(14)15-2)3-4-10(8)16-11/h3-6H,1-2H3/q+1. The molecular weight excluding hydrogens is 226 g/mol. The molecule has 0 atom stereocenters. The minimum absolute atomic E-state index is 0.0356. The first kappa shape index (κ1) is 10.8. The number of hydrogen-bond acceptors (Lipinski definition) is 4. The van der Waals surface area contributed by atoms with Crippen molar-refractivity contribution in [1.82, 2.24) is 0 Å². The van der Waals surface area contributed by atoms with Crippen LogP contribution in [0.1, 0.15) is 16.6 Å². The summed E-state index contributed by atoms with van der Waals surface area (Å²) in [6, 6.07) is 6.97. The Kier molecular flexibility index (Phi) is 2.70. The Labute approximate surface area is 96.0 Å². The van der Waals surface area contributed by atoms with E-state index in [0.717, 1.165) is 10.1 Å². The summed E-state index contributed by atoms with van der Waals surface area (Å²) < 4.78 is 0.985. The molecule has 1 aromatic heterocycles. The van der Waals surface area contributed by atoms with Crippen molar-refractivity contribution in [1.29, 1.82) is 0 Å². The summed E-state index contributed by atoms with van der Waals surface area (Å²) in [5.41, 5.74) is 0.419. The van der Waals surface area contributed by atoms with Crippen LogP contribution >= 0.6 is 11.3 Å². The highest BCUT2D eigenvalue weighted by molar-refractivity contribution is 7.20. The molecule has 0 saturated heterocycles. The van der Waals surface area contributed by atoms with Crippen LogP contribution in [0.15, 0.2) is 24.3 Å². The van der Waals surface area contributed by atoms with Gasteiger partial charge in [-0.15, -0.1) is 11.3 Å². The lowest BCUT2D eigenvalue weighted by atomic mass is 10.2. The van der Waals surface area contributed by atoms with Gasteiger partial charge in [-0.25, -0.2) is 4.84 Å². The van der Waals surface area contributed by atoms with Crippen LogP contribution in [-0.2, 0) is 4.84 Å². The molecule has 5 heteroatoms. The van der Waals surface area contributed by atoms with E-state index in [0.29, 0.717) is 15.5 Å². The van der Waals surface area contributed by atoms with Crippen LogP contribution in [0, 0.1) is 4.91 Å². The highest BCUT2D eigenvalue weighted by Gasteiger charge is 2.15. The van der Waals surface area contributed by atoms with Gasteiger partial charge >= 0.3 is 5.69 Å². The fraction of sp³-hybridized carbons (Fsp3) is 0.182. The van der Waals surface area contributed by atoms with Gasteiger partial charge in [-0.2, -0.15) is 0 Å². The van der Waals surface area contributed by atoms with E-state index in [1.54, 1.807) is 18.2 Å². The molecule has 16 heavy (non-hydrogen) atoms. The van der Waals surface area contributed by atoms with E-state index in [1.807, 2.05) is 6.07 Å². The highest BCUT2D eigenvalue weighted by atomic mass is 32.1.